The third-order valence-electron chi connectivity index (χ3n) is 2.62. The molecule has 8 heteroatoms. The molecule has 0 aliphatic rings. The van der Waals surface area contributed by atoms with Crippen LogP contribution in [0.3, 0.4) is 0 Å². The normalized spacial score (nSPS) is 10.3. The lowest BCUT2D eigenvalue weighted by atomic mass is 10.3. The van der Waals surface area contributed by atoms with E-state index in [1.807, 2.05) is 0 Å². The summed E-state index contributed by atoms with van der Waals surface area (Å²) in [6.07, 6.45) is 1.40. The van der Waals surface area contributed by atoms with Crippen LogP contribution in [0, 0.1) is 0 Å². The largest absolute Gasteiger partial charge is 0.492 e. The molecule has 1 amide bonds. The summed E-state index contributed by atoms with van der Waals surface area (Å²) < 4.78 is 6.89. The van der Waals surface area contributed by atoms with Crippen LogP contribution in [0.2, 0.25) is 5.02 Å². The van der Waals surface area contributed by atoms with Crippen LogP contribution in [0.25, 0.3) is 0 Å². The van der Waals surface area contributed by atoms with Gasteiger partial charge in [0, 0.05) is 12.1 Å². The van der Waals surface area contributed by atoms with Crippen molar-refractivity contribution in [1.82, 2.24) is 25.1 Å². The standard InChI is InChI=1S/C12H14ClN5O2/c1-17(12(19)8-18-9-14-15-16-18)6-7-20-11-4-2-10(13)3-5-11/h2-5,9H,6-8H2,1H3. The lowest BCUT2D eigenvalue weighted by Gasteiger charge is -2.17. The number of nitrogens with zero attached hydrogens (tertiary/aromatic N) is 5. The first-order chi connectivity index (χ1) is 9.65. The van der Waals surface area contributed by atoms with Crippen molar-refractivity contribution >= 4 is 17.5 Å². The minimum atomic E-state index is -0.0861. The molecule has 2 aromatic rings. The Hall–Kier alpha value is -2.15. The summed E-state index contributed by atoms with van der Waals surface area (Å²) >= 11 is 5.78. The number of benzene rings is 1. The van der Waals surface area contributed by atoms with Crippen molar-refractivity contribution in [3.63, 3.8) is 0 Å². The highest BCUT2D eigenvalue weighted by Gasteiger charge is 2.10. The van der Waals surface area contributed by atoms with Gasteiger partial charge in [0.1, 0.15) is 25.2 Å². The molecule has 1 aromatic heterocycles. The SMILES string of the molecule is CN(CCOc1ccc(Cl)cc1)C(=O)Cn1cnnn1. The van der Waals surface area contributed by atoms with Gasteiger partial charge >= 0.3 is 0 Å². The molecule has 0 fully saturated rings. The summed E-state index contributed by atoms with van der Waals surface area (Å²) in [5.74, 6) is 0.632. The number of tetrazole rings is 1. The average molecular weight is 296 g/mol. The molecule has 0 N–H and O–H groups in total. The third-order valence-corrected chi connectivity index (χ3v) is 2.88. The first-order valence-corrected chi connectivity index (χ1v) is 6.36. The Bertz CT molecular complexity index is 543. The zero-order chi connectivity index (χ0) is 14.4. The van der Waals surface area contributed by atoms with Crippen molar-refractivity contribution in [2.45, 2.75) is 6.54 Å². The number of hydrogen-bond donors (Lipinski definition) is 0. The Morgan fingerprint density at radius 3 is 2.80 bits per heavy atom. The Labute approximate surface area is 121 Å². The quantitative estimate of drug-likeness (QED) is 0.790. The molecule has 0 aliphatic heterocycles. The van der Waals surface area contributed by atoms with Crippen molar-refractivity contribution < 1.29 is 9.53 Å². The highest BCUT2D eigenvalue weighted by Crippen LogP contribution is 2.15. The monoisotopic (exact) mass is 295 g/mol. The number of carbonyl (C=O) groups excluding carboxylic acids is 1. The van der Waals surface area contributed by atoms with Gasteiger partial charge in [-0.3, -0.25) is 4.79 Å². The maximum atomic E-state index is 11.8. The summed E-state index contributed by atoms with van der Waals surface area (Å²) in [5.41, 5.74) is 0. The second-order valence-electron chi connectivity index (χ2n) is 4.13. The number of carbonyl (C=O) groups is 1. The number of amides is 1. The fourth-order valence-electron chi connectivity index (χ4n) is 1.47. The molecule has 1 heterocycles. The number of rotatable bonds is 6. The predicted molar refractivity (Wildman–Crippen MR) is 72.4 cm³/mol. The summed E-state index contributed by atoms with van der Waals surface area (Å²) in [5, 5.41) is 11.2. The maximum Gasteiger partial charge on any atom is 0.244 e. The highest BCUT2D eigenvalue weighted by atomic mass is 35.5. The van der Waals surface area contributed by atoms with Crippen molar-refractivity contribution in [3.05, 3.63) is 35.6 Å². The third kappa shape index (κ3) is 4.20. The van der Waals surface area contributed by atoms with Gasteiger partial charge in [-0.1, -0.05) is 11.6 Å². The molecular weight excluding hydrogens is 282 g/mol. The lowest BCUT2D eigenvalue weighted by Crippen LogP contribution is -2.33. The summed E-state index contributed by atoms with van der Waals surface area (Å²) in [7, 11) is 1.71. The number of aromatic nitrogens is 4. The van der Waals surface area contributed by atoms with E-state index in [9.17, 15) is 4.79 Å². The van der Waals surface area contributed by atoms with Gasteiger partial charge in [-0.05, 0) is 34.7 Å². The Balaban J connectivity index is 1.73. The Kier molecular flexibility index (Phi) is 4.89. The zero-order valence-corrected chi connectivity index (χ0v) is 11.7. The molecule has 20 heavy (non-hydrogen) atoms. The molecule has 0 bridgehead atoms. The fourth-order valence-corrected chi connectivity index (χ4v) is 1.59. The van der Waals surface area contributed by atoms with Crippen molar-refractivity contribution in [2.75, 3.05) is 20.2 Å². The van der Waals surface area contributed by atoms with Crippen LogP contribution >= 0.6 is 11.6 Å². The summed E-state index contributed by atoms with van der Waals surface area (Å²) in [6.45, 7) is 0.994. The topological polar surface area (TPSA) is 73.1 Å². The fraction of sp³-hybridized carbons (Fsp3) is 0.333. The minimum Gasteiger partial charge on any atom is -0.492 e. The van der Waals surface area contributed by atoms with Crippen molar-refractivity contribution in [1.29, 1.82) is 0 Å². The van der Waals surface area contributed by atoms with E-state index in [0.29, 0.717) is 18.2 Å². The highest BCUT2D eigenvalue weighted by molar-refractivity contribution is 6.30. The summed E-state index contributed by atoms with van der Waals surface area (Å²) in [4.78, 5) is 13.4. The van der Waals surface area contributed by atoms with Crippen LogP contribution in [0.15, 0.2) is 30.6 Å². The van der Waals surface area contributed by atoms with Crippen molar-refractivity contribution in [2.24, 2.45) is 0 Å². The van der Waals surface area contributed by atoms with Crippen LogP contribution in [0.4, 0.5) is 0 Å². The summed E-state index contributed by atoms with van der Waals surface area (Å²) in [6, 6.07) is 7.07. The van der Waals surface area contributed by atoms with Gasteiger partial charge in [0.15, 0.2) is 0 Å². The number of hydrogen-bond acceptors (Lipinski definition) is 5. The molecule has 0 atom stereocenters. The minimum absolute atomic E-state index is 0.0861. The molecule has 7 nitrogen and oxygen atoms in total. The predicted octanol–water partition coefficient (Wildman–Crippen LogP) is 0.864. The molecule has 2 rings (SSSR count). The van der Waals surface area contributed by atoms with E-state index in [2.05, 4.69) is 15.5 Å². The van der Waals surface area contributed by atoms with Crippen LogP contribution in [0.5, 0.6) is 5.75 Å². The molecule has 0 radical (unpaired) electrons. The smallest absolute Gasteiger partial charge is 0.244 e. The number of halogens is 1. The van der Waals surface area contributed by atoms with E-state index in [-0.39, 0.29) is 12.5 Å². The van der Waals surface area contributed by atoms with E-state index >= 15 is 0 Å². The van der Waals surface area contributed by atoms with Crippen molar-refractivity contribution in [3.8, 4) is 5.75 Å². The van der Waals surface area contributed by atoms with Crippen LogP contribution in [-0.4, -0.2) is 51.2 Å². The zero-order valence-electron chi connectivity index (χ0n) is 10.9. The lowest BCUT2D eigenvalue weighted by molar-refractivity contribution is -0.131. The van der Waals surface area contributed by atoms with E-state index in [1.54, 1.807) is 36.2 Å². The van der Waals surface area contributed by atoms with Gasteiger partial charge in [-0.2, -0.15) is 0 Å². The molecular formula is C12H14ClN5O2. The van der Waals surface area contributed by atoms with Gasteiger partial charge < -0.3 is 9.64 Å². The van der Waals surface area contributed by atoms with E-state index < -0.39 is 0 Å². The van der Waals surface area contributed by atoms with Crippen LogP contribution < -0.4 is 4.74 Å². The van der Waals surface area contributed by atoms with Gasteiger partial charge in [-0.15, -0.1) is 5.10 Å². The van der Waals surface area contributed by atoms with Gasteiger partial charge in [0.2, 0.25) is 5.91 Å². The molecule has 0 saturated heterocycles. The Morgan fingerprint density at radius 1 is 1.40 bits per heavy atom. The first kappa shape index (κ1) is 14.3. The second-order valence-corrected chi connectivity index (χ2v) is 4.56. The van der Waals surface area contributed by atoms with Crippen LogP contribution in [-0.2, 0) is 11.3 Å². The van der Waals surface area contributed by atoms with Gasteiger partial charge in [0.25, 0.3) is 0 Å². The van der Waals surface area contributed by atoms with E-state index in [0.717, 1.165) is 5.75 Å². The molecule has 0 unspecified atom stereocenters. The molecule has 106 valence electrons. The average Bonchev–Trinajstić information content (AvgIpc) is 2.93. The molecule has 0 aliphatic carbocycles. The molecule has 0 spiro atoms. The molecule has 0 saturated carbocycles. The van der Waals surface area contributed by atoms with Gasteiger partial charge in [0.05, 0.1) is 6.54 Å². The first-order valence-electron chi connectivity index (χ1n) is 5.98. The Morgan fingerprint density at radius 2 is 2.15 bits per heavy atom. The second kappa shape index (κ2) is 6.85. The van der Waals surface area contributed by atoms with E-state index in [1.165, 1.54) is 11.0 Å². The number of likely N-dealkylation sites (N-methyl/N-ethyl adjacent to an activating group) is 1. The maximum absolute atomic E-state index is 11.8. The molecule has 1 aromatic carbocycles. The van der Waals surface area contributed by atoms with Crippen LogP contribution in [0.1, 0.15) is 0 Å². The van der Waals surface area contributed by atoms with E-state index in [4.69, 9.17) is 16.3 Å². The number of ether oxygens (including phenoxy) is 1. The van der Waals surface area contributed by atoms with Gasteiger partial charge in [-0.25, -0.2) is 4.68 Å².